The molecular weight excluding hydrogens is 272 g/mol. The standard InChI is InChI=1S/C20H32O2/c1-3-4-8-19-11-13-20(14-12-19)22-17(2)21-16-15-18-9-6-5-7-10-18/h11-14,17-18H,3-10,15-16H2,1-2H3. The Morgan fingerprint density at radius 1 is 1.09 bits per heavy atom. The van der Waals surface area contributed by atoms with E-state index in [1.54, 1.807) is 0 Å². The molecule has 0 aromatic heterocycles. The molecule has 0 saturated heterocycles. The van der Waals surface area contributed by atoms with Crippen molar-refractivity contribution in [2.24, 2.45) is 5.92 Å². The van der Waals surface area contributed by atoms with Crippen LogP contribution in [-0.4, -0.2) is 12.9 Å². The molecule has 1 atom stereocenters. The monoisotopic (exact) mass is 304 g/mol. The summed E-state index contributed by atoms with van der Waals surface area (Å²) in [4.78, 5) is 0. The number of hydrogen-bond donors (Lipinski definition) is 0. The maximum atomic E-state index is 5.84. The zero-order chi connectivity index (χ0) is 15.6. The van der Waals surface area contributed by atoms with Gasteiger partial charge in [-0.15, -0.1) is 0 Å². The highest BCUT2D eigenvalue weighted by molar-refractivity contribution is 5.27. The van der Waals surface area contributed by atoms with Gasteiger partial charge in [-0.1, -0.05) is 57.6 Å². The largest absolute Gasteiger partial charge is 0.465 e. The SMILES string of the molecule is CCCCc1ccc(OC(C)OCCC2CCCCC2)cc1. The summed E-state index contributed by atoms with van der Waals surface area (Å²) in [6.45, 7) is 5.04. The van der Waals surface area contributed by atoms with Crippen molar-refractivity contribution in [2.75, 3.05) is 6.61 Å². The third kappa shape index (κ3) is 6.39. The minimum absolute atomic E-state index is 0.162. The van der Waals surface area contributed by atoms with Gasteiger partial charge in [0, 0.05) is 0 Å². The van der Waals surface area contributed by atoms with Crippen molar-refractivity contribution in [1.29, 1.82) is 0 Å². The molecule has 2 nitrogen and oxygen atoms in total. The maximum Gasteiger partial charge on any atom is 0.196 e. The maximum absolute atomic E-state index is 5.84. The molecule has 1 aliphatic carbocycles. The summed E-state index contributed by atoms with van der Waals surface area (Å²) in [5, 5.41) is 0. The van der Waals surface area contributed by atoms with Crippen LogP contribution in [0.5, 0.6) is 5.75 Å². The van der Waals surface area contributed by atoms with Crippen LogP contribution < -0.4 is 4.74 Å². The molecule has 2 rings (SSSR count). The van der Waals surface area contributed by atoms with Crippen LogP contribution in [0.25, 0.3) is 0 Å². The molecule has 1 saturated carbocycles. The number of unbranched alkanes of at least 4 members (excludes halogenated alkanes) is 1. The lowest BCUT2D eigenvalue weighted by Crippen LogP contribution is -2.19. The van der Waals surface area contributed by atoms with Crippen LogP contribution in [0.2, 0.25) is 0 Å². The third-order valence-electron chi connectivity index (χ3n) is 4.65. The molecule has 1 aromatic carbocycles. The number of aryl methyl sites for hydroxylation is 1. The van der Waals surface area contributed by atoms with E-state index >= 15 is 0 Å². The summed E-state index contributed by atoms with van der Waals surface area (Å²) >= 11 is 0. The van der Waals surface area contributed by atoms with E-state index in [1.807, 2.05) is 6.92 Å². The second-order valence-electron chi connectivity index (χ2n) is 6.60. The Morgan fingerprint density at radius 3 is 2.50 bits per heavy atom. The van der Waals surface area contributed by atoms with Crippen molar-refractivity contribution in [3.05, 3.63) is 29.8 Å². The summed E-state index contributed by atoms with van der Waals surface area (Å²) < 4.78 is 11.7. The molecule has 2 heteroatoms. The van der Waals surface area contributed by atoms with Crippen LogP contribution in [0.4, 0.5) is 0 Å². The van der Waals surface area contributed by atoms with Gasteiger partial charge in [0.25, 0.3) is 0 Å². The average Bonchev–Trinajstić information content (AvgIpc) is 2.55. The quantitative estimate of drug-likeness (QED) is 0.541. The molecule has 0 amide bonds. The summed E-state index contributed by atoms with van der Waals surface area (Å²) in [6, 6.07) is 8.46. The molecule has 0 N–H and O–H groups in total. The van der Waals surface area contributed by atoms with Crippen molar-refractivity contribution in [3.63, 3.8) is 0 Å². The summed E-state index contributed by atoms with van der Waals surface area (Å²) in [6.07, 6.45) is 11.7. The zero-order valence-electron chi connectivity index (χ0n) is 14.4. The Balaban J connectivity index is 1.64. The van der Waals surface area contributed by atoms with E-state index in [4.69, 9.17) is 9.47 Å². The van der Waals surface area contributed by atoms with Crippen molar-refractivity contribution in [2.45, 2.75) is 77.9 Å². The average molecular weight is 304 g/mol. The van der Waals surface area contributed by atoms with E-state index in [0.717, 1.165) is 24.7 Å². The molecule has 1 aromatic rings. The second kappa shape index (κ2) is 9.89. The van der Waals surface area contributed by atoms with Crippen molar-refractivity contribution in [1.82, 2.24) is 0 Å². The predicted molar refractivity (Wildman–Crippen MR) is 92.3 cm³/mol. The fraction of sp³-hybridized carbons (Fsp3) is 0.700. The van der Waals surface area contributed by atoms with Crippen LogP contribution in [0.3, 0.4) is 0 Å². The van der Waals surface area contributed by atoms with Crippen LogP contribution >= 0.6 is 0 Å². The first-order valence-electron chi connectivity index (χ1n) is 9.15. The minimum Gasteiger partial charge on any atom is -0.465 e. The Hall–Kier alpha value is -1.02. The minimum atomic E-state index is -0.162. The van der Waals surface area contributed by atoms with Crippen LogP contribution in [0.1, 0.15) is 70.8 Å². The Bertz CT molecular complexity index is 393. The highest BCUT2D eigenvalue weighted by Crippen LogP contribution is 2.26. The second-order valence-corrected chi connectivity index (χ2v) is 6.60. The lowest BCUT2D eigenvalue weighted by atomic mass is 9.87. The molecule has 124 valence electrons. The first-order chi connectivity index (χ1) is 10.8. The van der Waals surface area contributed by atoms with Gasteiger partial charge in [0.05, 0.1) is 6.61 Å². The van der Waals surface area contributed by atoms with Gasteiger partial charge in [-0.25, -0.2) is 0 Å². The van der Waals surface area contributed by atoms with E-state index in [2.05, 4.69) is 31.2 Å². The number of ether oxygens (including phenoxy) is 2. The van der Waals surface area contributed by atoms with E-state index in [-0.39, 0.29) is 6.29 Å². The van der Waals surface area contributed by atoms with Gasteiger partial charge < -0.3 is 9.47 Å². The Morgan fingerprint density at radius 2 is 1.82 bits per heavy atom. The van der Waals surface area contributed by atoms with E-state index < -0.39 is 0 Å². The number of benzene rings is 1. The van der Waals surface area contributed by atoms with Crippen LogP contribution in [-0.2, 0) is 11.2 Å². The molecule has 0 heterocycles. The molecule has 0 radical (unpaired) electrons. The molecule has 0 aliphatic heterocycles. The summed E-state index contributed by atoms with van der Waals surface area (Å²) in [5.41, 5.74) is 1.39. The highest BCUT2D eigenvalue weighted by atomic mass is 16.7. The smallest absolute Gasteiger partial charge is 0.196 e. The van der Waals surface area contributed by atoms with Gasteiger partial charge in [0.15, 0.2) is 6.29 Å². The highest BCUT2D eigenvalue weighted by Gasteiger charge is 2.13. The van der Waals surface area contributed by atoms with Gasteiger partial charge >= 0.3 is 0 Å². The van der Waals surface area contributed by atoms with E-state index in [1.165, 1.54) is 56.9 Å². The van der Waals surface area contributed by atoms with Crippen molar-refractivity contribution < 1.29 is 9.47 Å². The van der Waals surface area contributed by atoms with E-state index in [9.17, 15) is 0 Å². The molecule has 1 fully saturated rings. The number of rotatable bonds is 9. The fourth-order valence-corrected chi connectivity index (χ4v) is 3.22. The van der Waals surface area contributed by atoms with Crippen LogP contribution in [0.15, 0.2) is 24.3 Å². The predicted octanol–water partition coefficient (Wildman–Crippen LogP) is 5.74. The van der Waals surface area contributed by atoms with Gasteiger partial charge in [0.2, 0.25) is 0 Å². The summed E-state index contributed by atoms with van der Waals surface area (Å²) in [5.74, 6) is 1.78. The molecular formula is C20H32O2. The van der Waals surface area contributed by atoms with E-state index in [0.29, 0.717) is 0 Å². The van der Waals surface area contributed by atoms with Gasteiger partial charge in [0.1, 0.15) is 5.75 Å². The Kier molecular flexibility index (Phi) is 7.79. The normalized spacial score (nSPS) is 17.4. The topological polar surface area (TPSA) is 18.5 Å². The summed E-state index contributed by atoms with van der Waals surface area (Å²) in [7, 11) is 0. The van der Waals surface area contributed by atoms with Crippen molar-refractivity contribution in [3.8, 4) is 5.75 Å². The molecule has 1 unspecified atom stereocenters. The van der Waals surface area contributed by atoms with Gasteiger partial charge in [-0.2, -0.15) is 0 Å². The molecule has 1 aliphatic rings. The van der Waals surface area contributed by atoms with Gasteiger partial charge in [-0.3, -0.25) is 0 Å². The lowest BCUT2D eigenvalue weighted by molar-refractivity contribution is -0.0711. The van der Waals surface area contributed by atoms with Crippen LogP contribution in [0, 0.1) is 5.92 Å². The lowest BCUT2D eigenvalue weighted by Gasteiger charge is -2.22. The molecule has 22 heavy (non-hydrogen) atoms. The Labute approximate surface area is 136 Å². The first kappa shape index (κ1) is 17.3. The molecule has 0 spiro atoms. The first-order valence-corrected chi connectivity index (χ1v) is 9.15. The molecule has 0 bridgehead atoms. The third-order valence-corrected chi connectivity index (χ3v) is 4.65. The van der Waals surface area contributed by atoms with Crippen molar-refractivity contribution >= 4 is 0 Å². The fourth-order valence-electron chi connectivity index (χ4n) is 3.22. The zero-order valence-corrected chi connectivity index (χ0v) is 14.4. The number of hydrogen-bond acceptors (Lipinski definition) is 2. The van der Waals surface area contributed by atoms with Gasteiger partial charge in [-0.05, 0) is 49.8 Å².